The summed E-state index contributed by atoms with van der Waals surface area (Å²) in [4.78, 5) is 10.8. The molecule has 1 aromatic carbocycles. The first kappa shape index (κ1) is 16.5. The first-order valence-electron chi connectivity index (χ1n) is 6.45. The van der Waals surface area contributed by atoms with Crippen LogP contribution < -0.4 is 4.72 Å². The highest BCUT2D eigenvalue weighted by Gasteiger charge is 2.28. The maximum Gasteiger partial charge on any atom is 0.337 e. The highest BCUT2D eigenvalue weighted by molar-refractivity contribution is 7.89. The zero-order valence-electron chi connectivity index (χ0n) is 11.3. The van der Waals surface area contributed by atoms with Gasteiger partial charge in [0.2, 0.25) is 10.0 Å². The van der Waals surface area contributed by atoms with E-state index in [-0.39, 0.29) is 26.5 Å². The maximum atomic E-state index is 12.3. The molecule has 0 aliphatic heterocycles. The first-order chi connectivity index (χ1) is 9.70. The lowest BCUT2D eigenvalue weighted by molar-refractivity contribution is 0.0697. The zero-order valence-corrected chi connectivity index (χ0v) is 13.6. The van der Waals surface area contributed by atoms with Crippen LogP contribution in [0.3, 0.4) is 0 Å². The summed E-state index contributed by atoms with van der Waals surface area (Å²) in [6, 6.07) is 2.03. The third-order valence-corrected chi connectivity index (χ3v) is 5.62. The monoisotopic (exact) mass is 351 g/mol. The standard InChI is InChI=1S/C13H15Cl2NO4S/c1-7(4-8-2-3-8)16-21(19,20)11-6-9(14)5-10(12(11)15)13(17)18/h5-8,16H,2-4H2,1H3,(H,17,18). The molecule has 5 nitrogen and oxygen atoms in total. The number of hydrogen-bond donors (Lipinski definition) is 2. The average molecular weight is 352 g/mol. The van der Waals surface area contributed by atoms with E-state index in [0.717, 1.165) is 31.4 Å². The summed E-state index contributed by atoms with van der Waals surface area (Å²) in [6.07, 6.45) is 2.99. The molecular formula is C13H15Cl2NO4S. The van der Waals surface area contributed by atoms with Crippen LogP contribution in [0.1, 0.15) is 36.5 Å². The fraction of sp³-hybridized carbons (Fsp3) is 0.462. The molecule has 0 aromatic heterocycles. The number of hydrogen-bond acceptors (Lipinski definition) is 3. The minimum Gasteiger partial charge on any atom is -0.478 e. The number of rotatable bonds is 6. The summed E-state index contributed by atoms with van der Waals surface area (Å²) < 4.78 is 27.2. The zero-order chi connectivity index (χ0) is 15.8. The van der Waals surface area contributed by atoms with Gasteiger partial charge in [0.15, 0.2) is 0 Å². The van der Waals surface area contributed by atoms with Gasteiger partial charge in [-0.25, -0.2) is 17.9 Å². The van der Waals surface area contributed by atoms with Crippen molar-refractivity contribution in [2.45, 2.75) is 37.1 Å². The molecule has 1 fully saturated rings. The second-order valence-corrected chi connectivity index (χ2v) is 7.77. The third kappa shape index (κ3) is 4.10. The van der Waals surface area contributed by atoms with Crippen LogP contribution in [0.2, 0.25) is 10.0 Å². The van der Waals surface area contributed by atoms with E-state index >= 15 is 0 Å². The number of benzene rings is 1. The predicted molar refractivity (Wildman–Crippen MR) is 80.5 cm³/mol. The summed E-state index contributed by atoms with van der Waals surface area (Å²) in [5, 5.41) is 8.70. The van der Waals surface area contributed by atoms with E-state index in [2.05, 4.69) is 4.72 Å². The lowest BCUT2D eigenvalue weighted by atomic mass is 10.2. The SMILES string of the molecule is CC(CC1CC1)NS(=O)(=O)c1cc(Cl)cc(C(=O)O)c1Cl. The molecule has 2 rings (SSSR count). The number of carbonyl (C=O) groups is 1. The van der Waals surface area contributed by atoms with Crippen molar-refractivity contribution in [2.75, 3.05) is 0 Å². The molecule has 1 atom stereocenters. The van der Waals surface area contributed by atoms with E-state index in [0.29, 0.717) is 5.92 Å². The molecule has 0 amide bonds. The predicted octanol–water partition coefficient (Wildman–Crippen LogP) is 3.16. The molecule has 1 unspecified atom stereocenters. The number of aromatic carboxylic acids is 1. The van der Waals surface area contributed by atoms with Gasteiger partial charge < -0.3 is 5.11 Å². The second kappa shape index (κ2) is 6.12. The van der Waals surface area contributed by atoms with Crippen molar-refractivity contribution in [3.63, 3.8) is 0 Å². The van der Waals surface area contributed by atoms with E-state index in [9.17, 15) is 13.2 Å². The van der Waals surface area contributed by atoms with E-state index < -0.39 is 16.0 Å². The van der Waals surface area contributed by atoms with Crippen LogP contribution in [-0.4, -0.2) is 25.5 Å². The van der Waals surface area contributed by atoms with Crippen LogP contribution in [-0.2, 0) is 10.0 Å². The Morgan fingerprint density at radius 2 is 2.05 bits per heavy atom. The highest BCUT2D eigenvalue weighted by Crippen LogP contribution is 2.34. The van der Waals surface area contributed by atoms with Gasteiger partial charge in [-0.05, 0) is 31.4 Å². The number of sulfonamides is 1. The number of carboxylic acids is 1. The fourth-order valence-electron chi connectivity index (χ4n) is 2.15. The van der Waals surface area contributed by atoms with E-state index in [1.807, 2.05) is 0 Å². The lowest BCUT2D eigenvalue weighted by Crippen LogP contribution is -2.33. The molecule has 2 N–H and O–H groups in total. The Morgan fingerprint density at radius 3 is 2.57 bits per heavy atom. The molecule has 1 aromatic rings. The van der Waals surface area contributed by atoms with Gasteiger partial charge in [0, 0.05) is 11.1 Å². The van der Waals surface area contributed by atoms with Crippen LogP contribution in [0.4, 0.5) is 0 Å². The Bertz CT molecular complexity index is 671. The van der Waals surface area contributed by atoms with Crippen molar-refractivity contribution in [1.29, 1.82) is 0 Å². The molecule has 1 aliphatic rings. The summed E-state index contributed by atoms with van der Waals surface area (Å²) in [7, 11) is -3.92. The molecule has 0 radical (unpaired) electrons. The van der Waals surface area contributed by atoms with Crippen LogP contribution in [0.15, 0.2) is 17.0 Å². The van der Waals surface area contributed by atoms with Gasteiger partial charge in [-0.2, -0.15) is 0 Å². The molecule has 1 aliphatic carbocycles. The van der Waals surface area contributed by atoms with Crippen molar-refractivity contribution >= 4 is 39.2 Å². The summed E-state index contributed by atoms with van der Waals surface area (Å²) in [6.45, 7) is 1.77. The molecule has 0 saturated heterocycles. The molecule has 0 spiro atoms. The van der Waals surface area contributed by atoms with Gasteiger partial charge in [0.25, 0.3) is 0 Å². The van der Waals surface area contributed by atoms with Crippen molar-refractivity contribution in [3.8, 4) is 0 Å². The lowest BCUT2D eigenvalue weighted by Gasteiger charge is -2.15. The van der Waals surface area contributed by atoms with Crippen LogP contribution in [0.5, 0.6) is 0 Å². The third-order valence-electron chi connectivity index (χ3n) is 3.26. The fourth-order valence-corrected chi connectivity index (χ4v) is 4.30. The Labute approximate surface area is 133 Å². The topological polar surface area (TPSA) is 83.5 Å². The molecule has 0 bridgehead atoms. The van der Waals surface area contributed by atoms with Crippen LogP contribution in [0, 0.1) is 5.92 Å². The molecule has 21 heavy (non-hydrogen) atoms. The van der Waals surface area contributed by atoms with Crippen molar-refractivity contribution < 1.29 is 18.3 Å². The Hall–Kier alpha value is -0.820. The molecule has 8 heteroatoms. The minimum absolute atomic E-state index is 0.00650. The van der Waals surface area contributed by atoms with Gasteiger partial charge in [-0.15, -0.1) is 0 Å². The normalized spacial score (nSPS) is 16.7. The van der Waals surface area contributed by atoms with Gasteiger partial charge in [0.05, 0.1) is 10.6 Å². The van der Waals surface area contributed by atoms with E-state index in [1.54, 1.807) is 6.92 Å². The summed E-state index contributed by atoms with van der Waals surface area (Å²) >= 11 is 11.7. The quantitative estimate of drug-likeness (QED) is 0.824. The average Bonchev–Trinajstić information content (AvgIpc) is 3.14. The van der Waals surface area contributed by atoms with Crippen molar-refractivity contribution in [3.05, 3.63) is 27.7 Å². The first-order valence-corrected chi connectivity index (χ1v) is 8.69. The molecule has 116 valence electrons. The summed E-state index contributed by atoms with van der Waals surface area (Å²) in [5.74, 6) is -0.767. The second-order valence-electron chi connectivity index (χ2n) is 5.27. The van der Waals surface area contributed by atoms with Crippen molar-refractivity contribution in [2.24, 2.45) is 5.92 Å². The van der Waals surface area contributed by atoms with E-state index in [4.69, 9.17) is 28.3 Å². The Balaban J connectivity index is 2.32. The number of halogens is 2. The van der Waals surface area contributed by atoms with Gasteiger partial charge in [0.1, 0.15) is 4.90 Å². The minimum atomic E-state index is -3.92. The Morgan fingerprint density at radius 1 is 1.43 bits per heavy atom. The maximum absolute atomic E-state index is 12.3. The van der Waals surface area contributed by atoms with Crippen LogP contribution in [0.25, 0.3) is 0 Å². The molecule has 0 heterocycles. The summed E-state index contributed by atoms with van der Waals surface area (Å²) in [5.41, 5.74) is -0.334. The van der Waals surface area contributed by atoms with Gasteiger partial charge in [-0.3, -0.25) is 0 Å². The van der Waals surface area contributed by atoms with Gasteiger partial charge >= 0.3 is 5.97 Å². The largest absolute Gasteiger partial charge is 0.478 e. The number of carboxylic acid groups (broad SMARTS) is 1. The van der Waals surface area contributed by atoms with Gasteiger partial charge in [-0.1, -0.05) is 36.0 Å². The number of nitrogens with one attached hydrogen (secondary N) is 1. The van der Waals surface area contributed by atoms with E-state index in [1.165, 1.54) is 0 Å². The van der Waals surface area contributed by atoms with Crippen molar-refractivity contribution in [1.82, 2.24) is 4.72 Å². The van der Waals surface area contributed by atoms with Crippen LogP contribution >= 0.6 is 23.2 Å². The smallest absolute Gasteiger partial charge is 0.337 e. The highest BCUT2D eigenvalue weighted by atomic mass is 35.5. The Kier molecular flexibility index (Phi) is 4.82. The molecule has 1 saturated carbocycles. The molecular weight excluding hydrogens is 337 g/mol.